The first-order valence-corrected chi connectivity index (χ1v) is 7.76. The van der Waals surface area contributed by atoms with E-state index in [1.807, 2.05) is 0 Å². The molecule has 20 heavy (non-hydrogen) atoms. The van der Waals surface area contributed by atoms with Crippen molar-refractivity contribution in [1.82, 2.24) is 4.31 Å². The van der Waals surface area contributed by atoms with Crippen LogP contribution >= 0.6 is 23.2 Å². The number of ether oxygens (including phenoxy) is 1. The van der Waals surface area contributed by atoms with E-state index >= 15 is 0 Å². The van der Waals surface area contributed by atoms with Crippen LogP contribution < -0.4 is 5.73 Å². The van der Waals surface area contributed by atoms with E-state index in [0.717, 1.165) is 4.31 Å². The lowest BCUT2D eigenvalue weighted by Gasteiger charge is -2.18. The van der Waals surface area contributed by atoms with E-state index in [9.17, 15) is 13.2 Å². The van der Waals surface area contributed by atoms with E-state index in [0.29, 0.717) is 0 Å². The van der Waals surface area contributed by atoms with Gasteiger partial charge in [0.15, 0.2) is 0 Å². The highest BCUT2D eigenvalue weighted by Crippen LogP contribution is 2.32. The summed E-state index contributed by atoms with van der Waals surface area (Å²) in [5.74, 6) is -0.665. The molecule has 0 amide bonds. The fraction of sp³-hybridized carbons (Fsp3) is 0.364. The summed E-state index contributed by atoms with van der Waals surface area (Å²) in [4.78, 5) is 11.1. The fourth-order valence-corrected chi connectivity index (χ4v) is 3.53. The Kier molecular flexibility index (Phi) is 5.64. The second kappa shape index (κ2) is 6.62. The smallest absolute Gasteiger partial charge is 0.321 e. The monoisotopic (exact) mass is 340 g/mol. The molecule has 0 saturated heterocycles. The molecule has 0 aliphatic heterocycles. The van der Waals surface area contributed by atoms with Crippen molar-refractivity contribution in [3.05, 3.63) is 22.2 Å². The van der Waals surface area contributed by atoms with Gasteiger partial charge in [0.2, 0.25) is 10.0 Å². The number of halogens is 2. The minimum atomic E-state index is -4.01. The van der Waals surface area contributed by atoms with Crippen molar-refractivity contribution >= 4 is 44.9 Å². The molecule has 0 heterocycles. The van der Waals surface area contributed by atoms with Crippen LogP contribution in [-0.2, 0) is 19.6 Å². The number of anilines is 1. The van der Waals surface area contributed by atoms with Crippen LogP contribution in [0.3, 0.4) is 0 Å². The van der Waals surface area contributed by atoms with Crippen LogP contribution in [-0.4, -0.2) is 38.9 Å². The molecule has 9 heteroatoms. The Morgan fingerprint density at radius 3 is 2.50 bits per heavy atom. The lowest BCUT2D eigenvalue weighted by atomic mass is 10.3. The molecule has 2 N–H and O–H groups in total. The number of hydrogen-bond donors (Lipinski definition) is 1. The standard InChI is InChI=1S/C11H14Cl2N2O4S/c1-3-19-10(16)6-15(2)20(17,18)11-8(13)4-7(12)5-9(11)14/h4-5H,3,6,14H2,1-2H3. The Hall–Kier alpha value is -1.02. The van der Waals surface area contributed by atoms with Gasteiger partial charge in [0.1, 0.15) is 11.4 Å². The summed E-state index contributed by atoms with van der Waals surface area (Å²) in [7, 11) is -2.78. The SMILES string of the molecule is CCOC(=O)CN(C)S(=O)(=O)c1c(N)cc(Cl)cc1Cl. The second-order valence-corrected chi connectivity index (χ2v) is 6.70. The maximum atomic E-state index is 12.3. The van der Waals surface area contributed by atoms with Crippen molar-refractivity contribution in [2.45, 2.75) is 11.8 Å². The van der Waals surface area contributed by atoms with Gasteiger partial charge in [-0.15, -0.1) is 0 Å². The Balaban J connectivity index is 3.14. The number of nitrogen functional groups attached to an aromatic ring is 1. The van der Waals surface area contributed by atoms with E-state index in [4.69, 9.17) is 33.7 Å². The van der Waals surface area contributed by atoms with Crippen LogP contribution in [0, 0.1) is 0 Å². The van der Waals surface area contributed by atoms with Crippen molar-refractivity contribution in [3.63, 3.8) is 0 Å². The highest BCUT2D eigenvalue weighted by molar-refractivity contribution is 7.89. The topological polar surface area (TPSA) is 89.7 Å². The van der Waals surface area contributed by atoms with E-state index in [1.165, 1.54) is 19.2 Å². The molecule has 1 rings (SSSR count). The van der Waals surface area contributed by atoms with Gasteiger partial charge in [0.25, 0.3) is 0 Å². The molecule has 0 bridgehead atoms. The van der Waals surface area contributed by atoms with Crippen LogP contribution in [0.15, 0.2) is 17.0 Å². The van der Waals surface area contributed by atoms with Crippen LogP contribution in [0.2, 0.25) is 10.0 Å². The molecule has 0 aliphatic rings. The van der Waals surface area contributed by atoms with Crippen LogP contribution in [0.1, 0.15) is 6.92 Å². The first-order chi connectivity index (χ1) is 9.20. The quantitative estimate of drug-likeness (QED) is 0.651. The molecule has 0 saturated carbocycles. The highest BCUT2D eigenvalue weighted by atomic mass is 35.5. The zero-order valence-electron chi connectivity index (χ0n) is 10.9. The number of esters is 1. The summed E-state index contributed by atoms with van der Waals surface area (Å²) in [6.45, 7) is 1.35. The van der Waals surface area contributed by atoms with Gasteiger partial charge in [-0.3, -0.25) is 4.79 Å². The number of carbonyl (C=O) groups is 1. The average molecular weight is 341 g/mol. The van der Waals surface area contributed by atoms with Gasteiger partial charge in [0.05, 0.1) is 17.3 Å². The zero-order valence-corrected chi connectivity index (χ0v) is 13.2. The minimum Gasteiger partial charge on any atom is -0.465 e. The van der Waals surface area contributed by atoms with Gasteiger partial charge < -0.3 is 10.5 Å². The third-order valence-electron chi connectivity index (χ3n) is 2.36. The molecule has 0 aliphatic carbocycles. The minimum absolute atomic E-state index is 0.0850. The normalized spacial score (nSPS) is 11.7. The van der Waals surface area contributed by atoms with Gasteiger partial charge in [0, 0.05) is 12.1 Å². The maximum Gasteiger partial charge on any atom is 0.321 e. The Bertz CT molecular complexity index is 596. The number of likely N-dealkylation sites (N-methyl/N-ethyl adjacent to an activating group) is 1. The maximum absolute atomic E-state index is 12.3. The van der Waals surface area contributed by atoms with Crippen LogP contribution in [0.25, 0.3) is 0 Å². The number of sulfonamides is 1. The van der Waals surface area contributed by atoms with E-state index in [2.05, 4.69) is 0 Å². The zero-order chi connectivity index (χ0) is 15.5. The number of carbonyl (C=O) groups excluding carboxylic acids is 1. The number of benzene rings is 1. The lowest BCUT2D eigenvalue weighted by Crippen LogP contribution is -2.33. The fourth-order valence-electron chi connectivity index (χ4n) is 1.48. The third kappa shape index (κ3) is 3.76. The van der Waals surface area contributed by atoms with Gasteiger partial charge in [-0.25, -0.2) is 8.42 Å². The van der Waals surface area contributed by atoms with Crippen LogP contribution in [0.4, 0.5) is 5.69 Å². The van der Waals surface area contributed by atoms with Gasteiger partial charge in [-0.05, 0) is 19.1 Å². The Labute approximate surface area is 127 Å². The summed E-state index contributed by atoms with van der Waals surface area (Å²) >= 11 is 11.6. The van der Waals surface area contributed by atoms with Gasteiger partial charge in [-0.2, -0.15) is 4.31 Å². The van der Waals surface area contributed by atoms with Crippen molar-refractivity contribution in [2.75, 3.05) is 25.9 Å². The molecule has 0 fully saturated rings. The van der Waals surface area contributed by atoms with Gasteiger partial charge in [-0.1, -0.05) is 23.2 Å². The number of hydrogen-bond acceptors (Lipinski definition) is 5. The third-order valence-corrected chi connectivity index (χ3v) is 4.91. The van der Waals surface area contributed by atoms with E-state index in [-0.39, 0.29) is 27.2 Å². The van der Waals surface area contributed by atoms with Crippen LogP contribution in [0.5, 0.6) is 0 Å². The van der Waals surface area contributed by atoms with E-state index in [1.54, 1.807) is 6.92 Å². The van der Waals surface area contributed by atoms with E-state index < -0.39 is 22.5 Å². The largest absolute Gasteiger partial charge is 0.465 e. The second-order valence-electron chi connectivity index (χ2n) is 3.87. The molecule has 6 nitrogen and oxygen atoms in total. The first kappa shape index (κ1) is 17.0. The summed E-state index contributed by atoms with van der Waals surface area (Å²) in [6, 6.07) is 2.54. The molecule has 0 atom stereocenters. The number of nitrogens with zero attached hydrogens (tertiary/aromatic N) is 1. The molecular formula is C11H14Cl2N2O4S. The summed E-state index contributed by atoms with van der Waals surface area (Å²) in [5, 5.41) is 0.116. The number of nitrogens with two attached hydrogens (primary N) is 1. The van der Waals surface area contributed by atoms with Crippen molar-refractivity contribution in [3.8, 4) is 0 Å². The molecule has 1 aromatic rings. The van der Waals surface area contributed by atoms with Crippen molar-refractivity contribution in [1.29, 1.82) is 0 Å². The molecule has 0 aromatic heterocycles. The molecule has 0 spiro atoms. The first-order valence-electron chi connectivity index (χ1n) is 5.56. The Morgan fingerprint density at radius 1 is 1.40 bits per heavy atom. The predicted molar refractivity (Wildman–Crippen MR) is 77.3 cm³/mol. The summed E-state index contributed by atoms with van der Waals surface area (Å²) in [6.07, 6.45) is 0. The number of rotatable bonds is 5. The molecule has 112 valence electrons. The molecule has 1 aromatic carbocycles. The summed E-state index contributed by atoms with van der Waals surface area (Å²) < 4.78 is 30.2. The highest BCUT2D eigenvalue weighted by Gasteiger charge is 2.28. The lowest BCUT2D eigenvalue weighted by molar-refractivity contribution is -0.143. The summed E-state index contributed by atoms with van der Waals surface area (Å²) in [5.41, 5.74) is 5.56. The van der Waals surface area contributed by atoms with Crippen molar-refractivity contribution < 1.29 is 17.9 Å². The van der Waals surface area contributed by atoms with Crippen molar-refractivity contribution in [2.24, 2.45) is 0 Å². The van der Waals surface area contributed by atoms with Gasteiger partial charge >= 0.3 is 5.97 Å². The average Bonchev–Trinajstić information content (AvgIpc) is 2.26. The Morgan fingerprint density at radius 2 is 2.00 bits per heavy atom. The predicted octanol–water partition coefficient (Wildman–Crippen LogP) is 1.76. The molecule has 0 unspecified atom stereocenters. The molecular weight excluding hydrogens is 327 g/mol. The molecule has 0 radical (unpaired) electrons.